The number of aryl methyl sites for hydroxylation is 2. The molecule has 0 atom stereocenters. The second-order valence-corrected chi connectivity index (χ2v) is 10.9. The SMILES string of the molecule is CCCc1cn(-c2c(CC)cccc2C(C)(C)C)c(=O)n1Cc1ccc(-c2cccnc2-c2nnn[nH]2)cc1. The van der Waals surface area contributed by atoms with Gasteiger partial charge in [0.05, 0.1) is 12.2 Å². The van der Waals surface area contributed by atoms with Crippen LogP contribution in [0.4, 0.5) is 0 Å². The van der Waals surface area contributed by atoms with Gasteiger partial charge in [-0.25, -0.2) is 9.89 Å². The Hall–Kier alpha value is -4.33. The highest BCUT2D eigenvalue weighted by molar-refractivity contribution is 5.77. The van der Waals surface area contributed by atoms with Crippen molar-refractivity contribution in [1.29, 1.82) is 0 Å². The van der Waals surface area contributed by atoms with Crippen molar-refractivity contribution in [2.45, 2.75) is 65.8 Å². The number of benzene rings is 2. The monoisotopic (exact) mass is 521 g/mol. The number of tetrazole rings is 1. The predicted molar refractivity (Wildman–Crippen MR) is 154 cm³/mol. The number of H-pyrrole nitrogens is 1. The standard InChI is InChI=1S/C31H35N7O/c1-6-10-24-20-38(28-22(7-2)11-8-13-26(28)31(3,4)5)30(39)37(24)19-21-14-16-23(17-15-21)25-12-9-18-32-27(25)29-33-35-36-34-29/h8-9,11-18,20H,6-7,10,19H2,1-5H3,(H,33,34,35,36). The summed E-state index contributed by atoms with van der Waals surface area (Å²) in [5.74, 6) is 0.522. The summed E-state index contributed by atoms with van der Waals surface area (Å²) in [5.41, 5.74) is 8.04. The number of aromatic nitrogens is 7. The molecular weight excluding hydrogens is 486 g/mol. The number of aromatic amines is 1. The van der Waals surface area contributed by atoms with Crippen molar-refractivity contribution < 1.29 is 0 Å². The van der Waals surface area contributed by atoms with E-state index in [0.29, 0.717) is 18.1 Å². The number of hydrogen-bond donors (Lipinski definition) is 1. The molecule has 3 aromatic heterocycles. The number of nitrogens with zero attached hydrogens (tertiary/aromatic N) is 6. The molecule has 5 aromatic rings. The lowest BCUT2D eigenvalue weighted by Gasteiger charge is -2.25. The van der Waals surface area contributed by atoms with E-state index in [1.54, 1.807) is 6.20 Å². The molecule has 0 saturated heterocycles. The quantitative estimate of drug-likeness (QED) is 0.281. The molecule has 0 unspecified atom stereocenters. The highest BCUT2D eigenvalue weighted by Gasteiger charge is 2.23. The highest BCUT2D eigenvalue weighted by atomic mass is 16.1. The minimum atomic E-state index is -0.0876. The summed E-state index contributed by atoms with van der Waals surface area (Å²) in [6.45, 7) is 11.4. The van der Waals surface area contributed by atoms with E-state index in [2.05, 4.69) is 109 Å². The van der Waals surface area contributed by atoms with Crippen molar-refractivity contribution in [3.8, 4) is 28.3 Å². The molecule has 2 aromatic carbocycles. The molecule has 0 saturated carbocycles. The largest absolute Gasteiger partial charge is 0.333 e. The summed E-state index contributed by atoms with van der Waals surface area (Å²) >= 11 is 0. The molecule has 0 bridgehead atoms. The van der Waals surface area contributed by atoms with Crippen LogP contribution >= 0.6 is 0 Å². The van der Waals surface area contributed by atoms with Crippen molar-refractivity contribution >= 4 is 0 Å². The first-order valence-corrected chi connectivity index (χ1v) is 13.5. The smallest absolute Gasteiger partial charge is 0.292 e. The first-order valence-electron chi connectivity index (χ1n) is 13.5. The molecule has 0 radical (unpaired) electrons. The number of rotatable bonds is 8. The van der Waals surface area contributed by atoms with Crippen LogP contribution in [0.2, 0.25) is 0 Å². The normalized spacial score (nSPS) is 11.7. The van der Waals surface area contributed by atoms with E-state index in [1.165, 1.54) is 11.1 Å². The summed E-state index contributed by atoms with van der Waals surface area (Å²) in [6.07, 6.45) is 6.44. The number of pyridine rings is 1. The average molecular weight is 522 g/mol. The Bertz CT molecular complexity index is 1620. The van der Waals surface area contributed by atoms with Gasteiger partial charge in [-0.15, -0.1) is 5.10 Å². The predicted octanol–water partition coefficient (Wildman–Crippen LogP) is 5.74. The Balaban J connectivity index is 1.53. The second-order valence-electron chi connectivity index (χ2n) is 10.9. The van der Waals surface area contributed by atoms with E-state index in [1.807, 2.05) is 21.3 Å². The first kappa shape index (κ1) is 26.3. The third-order valence-electron chi connectivity index (χ3n) is 7.10. The van der Waals surface area contributed by atoms with Crippen LogP contribution in [0.5, 0.6) is 0 Å². The van der Waals surface area contributed by atoms with E-state index in [9.17, 15) is 4.79 Å². The van der Waals surface area contributed by atoms with E-state index in [4.69, 9.17) is 0 Å². The van der Waals surface area contributed by atoms with Crippen LogP contribution in [0.25, 0.3) is 28.3 Å². The molecule has 3 heterocycles. The minimum Gasteiger partial charge on any atom is -0.292 e. The van der Waals surface area contributed by atoms with Gasteiger partial charge in [-0.2, -0.15) is 0 Å². The molecule has 0 amide bonds. The van der Waals surface area contributed by atoms with Crippen molar-refractivity contribution in [3.05, 3.63) is 99.9 Å². The summed E-state index contributed by atoms with van der Waals surface area (Å²) in [5, 5.41) is 14.2. The fraction of sp³-hybridized carbons (Fsp3) is 0.323. The molecule has 1 N–H and O–H groups in total. The van der Waals surface area contributed by atoms with Crippen LogP contribution in [0.15, 0.2) is 71.8 Å². The Kier molecular flexibility index (Phi) is 7.28. The fourth-order valence-corrected chi connectivity index (χ4v) is 5.14. The lowest BCUT2D eigenvalue weighted by atomic mass is 9.84. The molecule has 0 aliphatic carbocycles. The second kappa shape index (κ2) is 10.8. The van der Waals surface area contributed by atoms with Crippen LogP contribution < -0.4 is 5.69 Å². The van der Waals surface area contributed by atoms with E-state index in [-0.39, 0.29) is 11.1 Å². The lowest BCUT2D eigenvalue weighted by molar-refractivity contribution is 0.583. The molecule has 0 aliphatic heterocycles. The van der Waals surface area contributed by atoms with Gasteiger partial charge in [-0.1, -0.05) is 89.6 Å². The molecule has 8 nitrogen and oxygen atoms in total. The maximum Gasteiger partial charge on any atom is 0.333 e. The van der Waals surface area contributed by atoms with Crippen LogP contribution in [0.1, 0.15) is 63.4 Å². The van der Waals surface area contributed by atoms with E-state index < -0.39 is 0 Å². The summed E-state index contributed by atoms with van der Waals surface area (Å²) < 4.78 is 3.80. The molecule has 0 spiro atoms. The molecule has 0 aliphatic rings. The number of nitrogens with one attached hydrogen (secondary N) is 1. The van der Waals surface area contributed by atoms with Gasteiger partial charge in [-0.3, -0.25) is 14.1 Å². The third-order valence-corrected chi connectivity index (χ3v) is 7.10. The zero-order valence-corrected chi connectivity index (χ0v) is 23.3. The maximum atomic E-state index is 14.0. The summed E-state index contributed by atoms with van der Waals surface area (Å²) in [7, 11) is 0. The number of imidazole rings is 1. The number of hydrogen-bond acceptors (Lipinski definition) is 5. The first-order chi connectivity index (χ1) is 18.8. The van der Waals surface area contributed by atoms with Gasteiger partial charge in [0, 0.05) is 23.7 Å². The van der Waals surface area contributed by atoms with Crippen LogP contribution in [-0.2, 0) is 24.8 Å². The molecule has 0 fully saturated rings. The van der Waals surface area contributed by atoms with Gasteiger partial charge in [0.15, 0.2) is 5.82 Å². The Morgan fingerprint density at radius 3 is 2.44 bits per heavy atom. The lowest BCUT2D eigenvalue weighted by Crippen LogP contribution is -2.27. The Morgan fingerprint density at radius 1 is 0.974 bits per heavy atom. The highest BCUT2D eigenvalue weighted by Crippen LogP contribution is 2.31. The van der Waals surface area contributed by atoms with Crippen LogP contribution in [0.3, 0.4) is 0 Å². The Labute approximate surface area is 228 Å². The van der Waals surface area contributed by atoms with Crippen molar-refractivity contribution in [2.24, 2.45) is 0 Å². The zero-order chi connectivity index (χ0) is 27.6. The molecule has 200 valence electrons. The van der Waals surface area contributed by atoms with Crippen LogP contribution in [0, 0.1) is 0 Å². The fourth-order valence-electron chi connectivity index (χ4n) is 5.14. The van der Waals surface area contributed by atoms with Crippen molar-refractivity contribution in [3.63, 3.8) is 0 Å². The molecule has 39 heavy (non-hydrogen) atoms. The zero-order valence-electron chi connectivity index (χ0n) is 23.3. The van der Waals surface area contributed by atoms with E-state index >= 15 is 0 Å². The van der Waals surface area contributed by atoms with Gasteiger partial charge in [0.2, 0.25) is 0 Å². The van der Waals surface area contributed by atoms with Gasteiger partial charge in [0.1, 0.15) is 5.69 Å². The van der Waals surface area contributed by atoms with Crippen molar-refractivity contribution in [1.82, 2.24) is 34.7 Å². The summed E-state index contributed by atoms with van der Waals surface area (Å²) in [6, 6.07) is 18.6. The maximum absolute atomic E-state index is 14.0. The van der Waals surface area contributed by atoms with Gasteiger partial charge in [0.25, 0.3) is 0 Å². The molecule has 5 rings (SSSR count). The van der Waals surface area contributed by atoms with Crippen molar-refractivity contribution in [2.75, 3.05) is 0 Å². The minimum absolute atomic E-state index is 0.00120. The van der Waals surface area contributed by atoms with Crippen LogP contribution in [-0.4, -0.2) is 34.7 Å². The number of para-hydroxylation sites is 1. The third kappa shape index (κ3) is 5.19. The topological polar surface area (TPSA) is 94.3 Å². The molecular formula is C31H35N7O. The summed E-state index contributed by atoms with van der Waals surface area (Å²) in [4.78, 5) is 18.5. The van der Waals surface area contributed by atoms with Gasteiger partial charge < -0.3 is 0 Å². The Morgan fingerprint density at radius 2 is 1.77 bits per heavy atom. The van der Waals surface area contributed by atoms with E-state index in [0.717, 1.165) is 47.3 Å². The van der Waals surface area contributed by atoms with Gasteiger partial charge in [-0.05, 0) is 57.0 Å². The molecule has 8 heteroatoms. The average Bonchev–Trinajstić information content (AvgIpc) is 3.58. The van der Waals surface area contributed by atoms with Gasteiger partial charge >= 0.3 is 5.69 Å².